The van der Waals surface area contributed by atoms with Crippen LogP contribution >= 0.6 is 22.9 Å². The lowest BCUT2D eigenvalue weighted by atomic mass is 10.1. The number of esters is 1. The number of hydrogen-bond donors (Lipinski definition) is 1. The lowest BCUT2D eigenvalue weighted by Gasteiger charge is -2.09. The second-order valence-electron chi connectivity index (χ2n) is 6.69. The third kappa shape index (κ3) is 3.88. The Balaban J connectivity index is 1.67. The fourth-order valence-corrected chi connectivity index (χ4v) is 4.77. The molecular formula is C21H18ClN3O4S. The molecule has 1 aliphatic rings. The van der Waals surface area contributed by atoms with Gasteiger partial charge in [-0.05, 0) is 56.0 Å². The molecule has 0 saturated heterocycles. The summed E-state index contributed by atoms with van der Waals surface area (Å²) in [5.74, 6) is -1.14. The molecule has 1 amide bonds. The fraction of sp³-hybridized carbons (Fsp3) is 0.238. The molecule has 1 aliphatic carbocycles. The minimum atomic E-state index is -0.672. The zero-order chi connectivity index (χ0) is 21.3. The zero-order valence-corrected chi connectivity index (χ0v) is 17.7. The molecule has 154 valence electrons. The van der Waals surface area contributed by atoms with Crippen molar-refractivity contribution in [2.24, 2.45) is 0 Å². The molecule has 0 radical (unpaired) electrons. The van der Waals surface area contributed by atoms with Gasteiger partial charge in [0.2, 0.25) is 5.43 Å². The number of carbonyl (C=O) groups is 2. The van der Waals surface area contributed by atoms with Gasteiger partial charge in [0, 0.05) is 22.2 Å². The predicted octanol–water partition coefficient (Wildman–Crippen LogP) is 3.87. The molecule has 0 fully saturated rings. The maximum atomic E-state index is 12.9. The SMILES string of the molecule is CCOC(=O)c1c(NC(=O)c2nn(-c3ccc(Cl)cc3)ccc2=O)sc2c1CCC2. The molecule has 0 spiro atoms. The van der Waals surface area contributed by atoms with E-state index >= 15 is 0 Å². The van der Waals surface area contributed by atoms with E-state index in [-0.39, 0.29) is 12.3 Å². The highest BCUT2D eigenvalue weighted by Gasteiger charge is 2.29. The zero-order valence-electron chi connectivity index (χ0n) is 16.1. The number of benzene rings is 1. The lowest BCUT2D eigenvalue weighted by Crippen LogP contribution is -2.26. The number of nitrogens with zero attached hydrogens (tertiary/aromatic N) is 2. The first-order chi connectivity index (χ1) is 14.5. The monoisotopic (exact) mass is 443 g/mol. The van der Waals surface area contributed by atoms with Crippen LogP contribution in [-0.4, -0.2) is 28.3 Å². The molecule has 9 heteroatoms. The van der Waals surface area contributed by atoms with Crippen LogP contribution in [0.1, 0.15) is 44.6 Å². The van der Waals surface area contributed by atoms with Gasteiger partial charge in [0.15, 0.2) is 5.69 Å². The third-order valence-corrected chi connectivity index (χ3v) is 6.20. The van der Waals surface area contributed by atoms with E-state index in [1.165, 1.54) is 28.3 Å². The van der Waals surface area contributed by atoms with Crippen molar-refractivity contribution in [1.82, 2.24) is 9.78 Å². The van der Waals surface area contributed by atoms with Gasteiger partial charge >= 0.3 is 5.97 Å². The van der Waals surface area contributed by atoms with E-state index < -0.39 is 17.3 Å². The van der Waals surface area contributed by atoms with Gasteiger partial charge in [-0.2, -0.15) is 5.10 Å². The topological polar surface area (TPSA) is 90.3 Å². The van der Waals surface area contributed by atoms with Crippen molar-refractivity contribution < 1.29 is 14.3 Å². The average Bonchev–Trinajstić information content (AvgIpc) is 3.30. The second kappa shape index (κ2) is 8.41. The minimum Gasteiger partial charge on any atom is -0.462 e. The summed E-state index contributed by atoms with van der Waals surface area (Å²) in [5, 5.41) is 7.85. The molecule has 0 bridgehead atoms. The van der Waals surface area contributed by atoms with Crippen LogP contribution in [-0.2, 0) is 17.6 Å². The first kappa shape index (κ1) is 20.3. The molecule has 4 rings (SSSR count). The Kier molecular flexibility index (Phi) is 5.69. The van der Waals surface area contributed by atoms with Crippen molar-refractivity contribution in [2.45, 2.75) is 26.2 Å². The first-order valence-electron chi connectivity index (χ1n) is 9.47. The molecule has 3 aromatic rings. The third-order valence-electron chi connectivity index (χ3n) is 4.74. The van der Waals surface area contributed by atoms with E-state index in [2.05, 4.69) is 10.4 Å². The summed E-state index contributed by atoms with van der Waals surface area (Å²) in [7, 11) is 0. The van der Waals surface area contributed by atoms with Crippen LogP contribution < -0.4 is 10.7 Å². The van der Waals surface area contributed by atoms with Gasteiger partial charge in [-0.15, -0.1) is 11.3 Å². The highest BCUT2D eigenvalue weighted by Crippen LogP contribution is 2.39. The molecule has 0 saturated carbocycles. The molecule has 7 nitrogen and oxygen atoms in total. The summed E-state index contributed by atoms with van der Waals surface area (Å²) in [4.78, 5) is 38.7. The van der Waals surface area contributed by atoms with Gasteiger partial charge in [0.25, 0.3) is 5.91 Å². The maximum Gasteiger partial charge on any atom is 0.341 e. The summed E-state index contributed by atoms with van der Waals surface area (Å²) >= 11 is 7.26. The van der Waals surface area contributed by atoms with Gasteiger partial charge in [0.1, 0.15) is 5.00 Å². The number of aryl methyl sites for hydroxylation is 1. The lowest BCUT2D eigenvalue weighted by molar-refractivity contribution is 0.0527. The van der Waals surface area contributed by atoms with Crippen LogP contribution in [0.25, 0.3) is 5.69 Å². The van der Waals surface area contributed by atoms with Crippen LogP contribution in [0.2, 0.25) is 5.02 Å². The number of fused-ring (bicyclic) bond motifs is 1. The molecule has 0 aliphatic heterocycles. The van der Waals surface area contributed by atoms with E-state index in [9.17, 15) is 14.4 Å². The minimum absolute atomic E-state index is 0.239. The molecule has 0 unspecified atom stereocenters. The number of thiophene rings is 1. The summed E-state index contributed by atoms with van der Waals surface area (Å²) in [6.45, 7) is 1.97. The summed E-state index contributed by atoms with van der Waals surface area (Å²) in [5.41, 5.74) is 1.18. The Labute approximate surface area is 181 Å². The van der Waals surface area contributed by atoms with Crippen LogP contribution in [0.3, 0.4) is 0 Å². The van der Waals surface area contributed by atoms with Gasteiger partial charge in [-0.25, -0.2) is 9.48 Å². The quantitative estimate of drug-likeness (QED) is 0.604. The molecule has 2 heterocycles. The summed E-state index contributed by atoms with van der Waals surface area (Å²) in [6, 6.07) is 8.11. The van der Waals surface area contributed by atoms with Crippen molar-refractivity contribution >= 4 is 39.8 Å². The molecule has 30 heavy (non-hydrogen) atoms. The Bertz CT molecular complexity index is 1180. The van der Waals surface area contributed by atoms with Crippen LogP contribution in [0, 0.1) is 0 Å². The molecule has 0 atom stereocenters. The number of nitrogens with one attached hydrogen (secondary N) is 1. The highest BCUT2D eigenvalue weighted by atomic mass is 35.5. The van der Waals surface area contributed by atoms with Crippen molar-refractivity contribution in [1.29, 1.82) is 0 Å². The van der Waals surface area contributed by atoms with Crippen molar-refractivity contribution in [3.8, 4) is 5.69 Å². The Morgan fingerprint density at radius 2 is 2.00 bits per heavy atom. The van der Waals surface area contributed by atoms with Gasteiger partial charge in [-0.1, -0.05) is 11.6 Å². The van der Waals surface area contributed by atoms with E-state index in [4.69, 9.17) is 16.3 Å². The van der Waals surface area contributed by atoms with Crippen molar-refractivity contribution in [3.63, 3.8) is 0 Å². The van der Waals surface area contributed by atoms with Crippen molar-refractivity contribution in [2.75, 3.05) is 11.9 Å². The predicted molar refractivity (Wildman–Crippen MR) is 115 cm³/mol. The van der Waals surface area contributed by atoms with Crippen LogP contribution in [0.4, 0.5) is 5.00 Å². The van der Waals surface area contributed by atoms with Crippen LogP contribution in [0.15, 0.2) is 41.3 Å². The normalized spacial score (nSPS) is 12.5. The number of amides is 1. The Morgan fingerprint density at radius 3 is 2.73 bits per heavy atom. The standard InChI is InChI=1S/C21H18ClN3O4S/c1-2-29-21(28)17-14-4-3-5-16(14)30-20(17)23-19(27)18-15(26)10-11-25(24-18)13-8-6-12(22)7-9-13/h6-11H,2-5H2,1H3,(H,23,27). The van der Waals surface area contributed by atoms with Gasteiger partial charge < -0.3 is 10.1 Å². The molecule has 2 aromatic heterocycles. The number of carbonyl (C=O) groups excluding carboxylic acids is 2. The number of aromatic nitrogens is 2. The fourth-order valence-electron chi connectivity index (χ4n) is 3.38. The number of halogens is 1. The molecular weight excluding hydrogens is 426 g/mol. The maximum absolute atomic E-state index is 12.9. The Morgan fingerprint density at radius 1 is 1.23 bits per heavy atom. The number of anilines is 1. The summed E-state index contributed by atoms with van der Waals surface area (Å²) in [6.07, 6.45) is 4.07. The second-order valence-corrected chi connectivity index (χ2v) is 8.23. The van der Waals surface area contributed by atoms with E-state index in [0.29, 0.717) is 21.3 Å². The first-order valence-corrected chi connectivity index (χ1v) is 10.7. The number of ether oxygens (including phenoxy) is 1. The molecule has 1 N–H and O–H groups in total. The highest BCUT2D eigenvalue weighted by molar-refractivity contribution is 7.17. The Hall–Kier alpha value is -2.97. The van der Waals surface area contributed by atoms with Crippen LogP contribution in [0.5, 0.6) is 0 Å². The van der Waals surface area contributed by atoms with E-state index in [0.717, 1.165) is 29.7 Å². The largest absolute Gasteiger partial charge is 0.462 e. The average molecular weight is 444 g/mol. The van der Waals surface area contributed by atoms with Crippen molar-refractivity contribution in [3.05, 3.63) is 73.5 Å². The van der Waals surface area contributed by atoms with E-state index in [1.54, 1.807) is 31.2 Å². The number of rotatable bonds is 5. The van der Waals surface area contributed by atoms with Gasteiger partial charge in [-0.3, -0.25) is 9.59 Å². The summed E-state index contributed by atoms with van der Waals surface area (Å²) < 4.78 is 6.60. The number of hydrogen-bond acceptors (Lipinski definition) is 6. The van der Waals surface area contributed by atoms with E-state index in [1.807, 2.05) is 0 Å². The van der Waals surface area contributed by atoms with Gasteiger partial charge in [0.05, 0.1) is 17.9 Å². The molecule has 1 aromatic carbocycles. The smallest absolute Gasteiger partial charge is 0.341 e.